The van der Waals surface area contributed by atoms with Crippen LogP contribution in [0, 0.1) is 5.92 Å². The average Bonchev–Trinajstić information content (AvgIpc) is 2.86. The Hall–Kier alpha value is -1.43. The normalized spacial score (nSPS) is 12.7. The first kappa shape index (κ1) is 16.6. The molecule has 6 nitrogen and oxygen atoms in total. The summed E-state index contributed by atoms with van der Waals surface area (Å²) in [6, 6.07) is -0.321. The predicted molar refractivity (Wildman–Crippen MR) is 79.2 cm³/mol. The average molecular weight is 281 g/mol. The summed E-state index contributed by atoms with van der Waals surface area (Å²) < 4.78 is 1.62. The number of unbranched alkanes of at least 4 members (excludes halogenated alkanes) is 1. The maximum absolute atomic E-state index is 11.9. The molecule has 0 aliphatic heterocycles. The molecule has 0 aliphatic carbocycles. The van der Waals surface area contributed by atoms with Crippen molar-refractivity contribution in [3.8, 4) is 0 Å². The Morgan fingerprint density at radius 3 is 2.80 bits per heavy atom. The van der Waals surface area contributed by atoms with Crippen LogP contribution in [0.2, 0.25) is 0 Å². The van der Waals surface area contributed by atoms with Crippen LogP contribution in [0.5, 0.6) is 0 Å². The molecule has 20 heavy (non-hydrogen) atoms. The van der Waals surface area contributed by atoms with E-state index < -0.39 is 0 Å². The van der Waals surface area contributed by atoms with Crippen molar-refractivity contribution in [3.05, 3.63) is 11.9 Å². The molecule has 1 atom stereocenters. The van der Waals surface area contributed by atoms with E-state index in [1.807, 2.05) is 13.1 Å². The molecule has 6 heteroatoms. The summed E-state index contributed by atoms with van der Waals surface area (Å²) in [7, 11) is 0. The van der Waals surface area contributed by atoms with Gasteiger partial charge in [0.2, 0.25) is 5.91 Å². The lowest BCUT2D eigenvalue weighted by molar-refractivity contribution is -0.124. The molecule has 1 rings (SSSR count). The van der Waals surface area contributed by atoms with E-state index in [4.69, 9.17) is 0 Å². The first-order valence-corrected chi connectivity index (χ1v) is 7.43. The molecule has 1 heterocycles. The van der Waals surface area contributed by atoms with E-state index in [0.29, 0.717) is 12.5 Å². The summed E-state index contributed by atoms with van der Waals surface area (Å²) in [5.41, 5.74) is 0.860. The monoisotopic (exact) mass is 281 g/mol. The topological polar surface area (TPSA) is 71.8 Å². The van der Waals surface area contributed by atoms with Crippen molar-refractivity contribution in [1.82, 2.24) is 25.6 Å². The van der Waals surface area contributed by atoms with Crippen LogP contribution in [0.4, 0.5) is 0 Å². The number of nitrogens with one attached hydrogen (secondary N) is 2. The van der Waals surface area contributed by atoms with Crippen molar-refractivity contribution in [2.24, 2.45) is 5.92 Å². The number of nitrogens with zero attached hydrogens (tertiary/aromatic N) is 3. The zero-order valence-corrected chi connectivity index (χ0v) is 13.0. The Labute approximate surface area is 121 Å². The summed E-state index contributed by atoms with van der Waals surface area (Å²) in [6.45, 7) is 10.6. The molecule has 0 fully saturated rings. The third kappa shape index (κ3) is 5.69. The fourth-order valence-electron chi connectivity index (χ4n) is 1.73. The maximum atomic E-state index is 11.9. The van der Waals surface area contributed by atoms with Crippen LogP contribution in [0.3, 0.4) is 0 Å². The van der Waals surface area contributed by atoms with E-state index in [9.17, 15) is 4.79 Å². The largest absolute Gasteiger partial charge is 0.354 e. The summed E-state index contributed by atoms with van der Waals surface area (Å²) in [5.74, 6) is 0.596. The van der Waals surface area contributed by atoms with E-state index in [1.165, 1.54) is 0 Å². The molecule has 0 saturated heterocycles. The van der Waals surface area contributed by atoms with Crippen molar-refractivity contribution in [2.75, 3.05) is 13.1 Å². The summed E-state index contributed by atoms with van der Waals surface area (Å²) in [5, 5.41) is 14.3. The van der Waals surface area contributed by atoms with Crippen LogP contribution >= 0.6 is 0 Å². The lowest BCUT2D eigenvalue weighted by Crippen LogP contribution is -2.32. The van der Waals surface area contributed by atoms with Crippen molar-refractivity contribution in [1.29, 1.82) is 0 Å². The Morgan fingerprint density at radius 1 is 1.40 bits per heavy atom. The molecule has 0 aromatic carbocycles. The van der Waals surface area contributed by atoms with Gasteiger partial charge in [-0.05, 0) is 25.8 Å². The van der Waals surface area contributed by atoms with Crippen LogP contribution < -0.4 is 10.6 Å². The molecule has 1 amide bonds. The molecule has 1 aromatic rings. The smallest absolute Gasteiger partial charge is 0.244 e. The second-order valence-electron chi connectivity index (χ2n) is 5.54. The first-order valence-electron chi connectivity index (χ1n) is 7.43. The molecule has 2 N–H and O–H groups in total. The molecule has 0 saturated carbocycles. The van der Waals surface area contributed by atoms with E-state index in [0.717, 1.165) is 31.6 Å². The van der Waals surface area contributed by atoms with Gasteiger partial charge in [0.05, 0.1) is 11.9 Å². The van der Waals surface area contributed by atoms with Gasteiger partial charge in [-0.1, -0.05) is 32.4 Å². The zero-order valence-electron chi connectivity index (χ0n) is 13.0. The SMILES string of the molecule is CCCCNC(=O)C(C)n1cc(CNCC(C)C)nn1. The molecule has 114 valence electrons. The second-order valence-corrected chi connectivity index (χ2v) is 5.54. The fourth-order valence-corrected chi connectivity index (χ4v) is 1.73. The third-order valence-electron chi connectivity index (χ3n) is 3.02. The molecule has 0 radical (unpaired) electrons. The summed E-state index contributed by atoms with van der Waals surface area (Å²) in [6.07, 6.45) is 3.90. The van der Waals surface area contributed by atoms with Crippen LogP contribution in [0.15, 0.2) is 6.20 Å². The highest BCUT2D eigenvalue weighted by atomic mass is 16.2. The van der Waals surface area contributed by atoms with Crippen LogP contribution in [-0.4, -0.2) is 34.0 Å². The van der Waals surface area contributed by atoms with Crippen molar-refractivity contribution in [2.45, 2.75) is 53.1 Å². The van der Waals surface area contributed by atoms with Gasteiger partial charge in [-0.15, -0.1) is 5.10 Å². The van der Waals surface area contributed by atoms with Gasteiger partial charge in [0.15, 0.2) is 0 Å². The molecular weight excluding hydrogens is 254 g/mol. The van der Waals surface area contributed by atoms with E-state index in [2.05, 4.69) is 41.7 Å². The van der Waals surface area contributed by atoms with Gasteiger partial charge in [0, 0.05) is 13.1 Å². The Bertz CT molecular complexity index is 402. The van der Waals surface area contributed by atoms with E-state index >= 15 is 0 Å². The number of rotatable bonds is 9. The Morgan fingerprint density at radius 2 is 2.15 bits per heavy atom. The highest BCUT2D eigenvalue weighted by Gasteiger charge is 2.15. The molecule has 1 unspecified atom stereocenters. The molecule has 0 spiro atoms. The molecule has 0 aliphatic rings. The van der Waals surface area contributed by atoms with Crippen molar-refractivity contribution >= 4 is 5.91 Å². The second kappa shape index (κ2) is 8.68. The Kier molecular flexibility index (Phi) is 7.22. The minimum absolute atomic E-state index is 0.00922. The Balaban J connectivity index is 2.42. The van der Waals surface area contributed by atoms with Gasteiger partial charge in [-0.3, -0.25) is 4.79 Å². The molecule has 0 bridgehead atoms. The van der Waals surface area contributed by atoms with E-state index in [1.54, 1.807) is 4.68 Å². The third-order valence-corrected chi connectivity index (χ3v) is 3.02. The standard InChI is InChI=1S/C14H27N5O/c1-5-6-7-16-14(20)12(4)19-10-13(17-18-19)9-15-8-11(2)3/h10-12,15H,5-9H2,1-4H3,(H,16,20). The van der Waals surface area contributed by atoms with Gasteiger partial charge < -0.3 is 10.6 Å². The number of aromatic nitrogens is 3. The zero-order chi connectivity index (χ0) is 15.0. The van der Waals surface area contributed by atoms with Gasteiger partial charge in [-0.25, -0.2) is 4.68 Å². The van der Waals surface area contributed by atoms with Gasteiger partial charge in [0.1, 0.15) is 6.04 Å². The minimum atomic E-state index is -0.321. The quantitative estimate of drug-likeness (QED) is 0.673. The van der Waals surface area contributed by atoms with Crippen molar-refractivity contribution < 1.29 is 4.79 Å². The highest BCUT2D eigenvalue weighted by Crippen LogP contribution is 2.05. The number of hydrogen-bond acceptors (Lipinski definition) is 4. The van der Waals surface area contributed by atoms with Gasteiger partial charge in [-0.2, -0.15) is 0 Å². The number of carbonyl (C=O) groups excluding carboxylic acids is 1. The minimum Gasteiger partial charge on any atom is -0.354 e. The number of carbonyl (C=O) groups is 1. The van der Waals surface area contributed by atoms with Crippen molar-refractivity contribution in [3.63, 3.8) is 0 Å². The summed E-state index contributed by atoms with van der Waals surface area (Å²) >= 11 is 0. The summed E-state index contributed by atoms with van der Waals surface area (Å²) in [4.78, 5) is 11.9. The van der Waals surface area contributed by atoms with Gasteiger partial charge in [0.25, 0.3) is 0 Å². The fraction of sp³-hybridized carbons (Fsp3) is 0.786. The van der Waals surface area contributed by atoms with Crippen LogP contribution in [0.1, 0.15) is 52.3 Å². The van der Waals surface area contributed by atoms with Crippen LogP contribution in [-0.2, 0) is 11.3 Å². The molecular formula is C14H27N5O. The van der Waals surface area contributed by atoms with E-state index in [-0.39, 0.29) is 11.9 Å². The molecule has 1 aromatic heterocycles. The lowest BCUT2D eigenvalue weighted by Gasteiger charge is -2.11. The number of amides is 1. The highest BCUT2D eigenvalue weighted by molar-refractivity contribution is 5.79. The maximum Gasteiger partial charge on any atom is 0.244 e. The lowest BCUT2D eigenvalue weighted by atomic mass is 10.2. The predicted octanol–water partition coefficient (Wildman–Crippen LogP) is 1.50. The number of hydrogen-bond donors (Lipinski definition) is 2. The first-order chi connectivity index (χ1) is 9.54. The van der Waals surface area contributed by atoms with Gasteiger partial charge >= 0.3 is 0 Å². The van der Waals surface area contributed by atoms with Crippen LogP contribution in [0.25, 0.3) is 0 Å².